The standard InChI is InChI=1S/C18H26N2O3/c1-13-5-3-6-16(11-13)23-10-4-7-17(21)20-12-15(18(19)22)9-8-14(20)2/h3,5-6,11,14-15H,4,7-10,12H2,1-2H3,(H2,19,22)/t14-,15-/m0/s1. The van der Waals surface area contributed by atoms with Gasteiger partial charge in [-0.05, 0) is 50.8 Å². The van der Waals surface area contributed by atoms with Crippen LogP contribution in [0.3, 0.4) is 0 Å². The van der Waals surface area contributed by atoms with Crippen LogP contribution in [0.4, 0.5) is 0 Å². The number of nitrogens with two attached hydrogens (primary N) is 1. The molecule has 1 aliphatic rings. The summed E-state index contributed by atoms with van der Waals surface area (Å²) >= 11 is 0. The second-order valence-corrected chi connectivity index (χ2v) is 6.34. The third-order valence-electron chi connectivity index (χ3n) is 4.40. The Morgan fingerprint density at radius 2 is 2.13 bits per heavy atom. The predicted molar refractivity (Wildman–Crippen MR) is 89.0 cm³/mol. The van der Waals surface area contributed by atoms with Crippen molar-refractivity contribution in [2.24, 2.45) is 11.7 Å². The Morgan fingerprint density at radius 1 is 1.35 bits per heavy atom. The minimum Gasteiger partial charge on any atom is -0.494 e. The molecule has 1 aliphatic heterocycles. The molecule has 2 amide bonds. The van der Waals surface area contributed by atoms with Crippen LogP contribution in [0.5, 0.6) is 5.75 Å². The van der Waals surface area contributed by atoms with Crippen molar-refractivity contribution >= 4 is 11.8 Å². The lowest BCUT2D eigenvalue weighted by atomic mass is 9.92. The SMILES string of the molecule is Cc1cccc(OCCCC(=O)N2C[C@@H](C(N)=O)CC[C@@H]2C)c1. The molecule has 0 unspecified atom stereocenters. The van der Waals surface area contributed by atoms with Gasteiger partial charge in [0.2, 0.25) is 11.8 Å². The normalized spacial score (nSPS) is 21.0. The minimum atomic E-state index is -0.308. The van der Waals surface area contributed by atoms with Crippen LogP contribution in [0.25, 0.3) is 0 Å². The van der Waals surface area contributed by atoms with E-state index in [1.807, 2.05) is 38.1 Å². The Kier molecular flexibility index (Phi) is 6.02. The average Bonchev–Trinajstić information content (AvgIpc) is 2.51. The maximum atomic E-state index is 12.4. The van der Waals surface area contributed by atoms with Gasteiger partial charge in [0.1, 0.15) is 5.75 Å². The van der Waals surface area contributed by atoms with Gasteiger partial charge in [-0.2, -0.15) is 0 Å². The van der Waals surface area contributed by atoms with E-state index in [2.05, 4.69) is 0 Å². The molecule has 0 aromatic heterocycles. The summed E-state index contributed by atoms with van der Waals surface area (Å²) in [5, 5.41) is 0. The van der Waals surface area contributed by atoms with E-state index < -0.39 is 0 Å². The molecule has 5 heteroatoms. The number of carbonyl (C=O) groups is 2. The molecule has 23 heavy (non-hydrogen) atoms. The molecule has 1 fully saturated rings. The highest BCUT2D eigenvalue weighted by Gasteiger charge is 2.31. The molecular weight excluding hydrogens is 292 g/mol. The molecule has 0 bridgehead atoms. The average molecular weight is 318 g/mol. The summed E-state index contributed by atoms with van der Waals surface area (Å²) in [6.45, 7) is 5.01. The van der Waals surface area contributed by atoms with E-state index in [9.17, 15) is 9.59 Å². The van der Waals surface area contributed by atoms with Crippen LogP contribution in [0, 0.1) is 12.8 Å². The maximum absolute atomic E-state index is 12.4. The number of benzene rings is 1. The highest BCUT2D eigenvalue weighted by Crippen LogP contribution is 2.22. The van der Waals surface area contributed by atoms with Gasteiger partial charge in [-0.3, -0.25) is 9.59 Å². The number of likely N-dealkylation sites (tertiary alicyclic amines) is 1. The van der Waals surface area contributed by atoms with E-state index in [1.165, 1.54) is 0 Å². The summed E-state index contributed by atoms with van der Waals surface area (Å²) in [4.78, 5) is 25.5. The zero-order valence-electron chi connectivity index (χ0n) is 14.0. The van der Waals surface area contributed by atoms with Crippen molar-refractivity contribution in [2.75, 3.05) is 13.2 Å². The number of carbonyl (C=O) groups excluding carboxylic acids is 2. The molecule has 1 aromatic carbocycles. The van der Waals surface area contributed by atoms with Crippen molar-refractivity contribution in [3.8, 4) is 5.75 Å². The van der Waals surface area contributed by atoms with E-state index >= 15 is 0 Å². The number of ether oxygens (including phenoxy) is 1. The molecule has 2 rings (SSSR count). The van der Waals surface area contributed by atoms with E-state index in [-0.39, 0.29) is 23.8 Å². The van der Waals surface area contributed by atoms with Crippen molar-refractivity contribution < 1.29 is 14.3 Å². The topological polar surface area (TPSA) is 72.6 Å². The molecule has 0 aliphatic carbocycles. The van der Waals surface area contributed by atoms with Gasteiger partial charge in [0.05, 0.1) is 12.5 Å². The molecule has 0 radical (unpaired) electrons. The zero-order valence-corrected chi connectivity index (χ0v) is 14.0. The van der Waals surface area contributed by atoms with Gasteiger partial charge in [-0.15, -0.1) is 0 Å². The summed E-state index contributed by atoms with van der Waals surface area (Å²) in [6, 6.07) is 8.04. The molecule has 1 saturated heterocycles. The number of aryl methyl sites for hydroxylation is 1. The first-order valence-corrected chi connectivity index (χ1v) is 8.25. The monoisotopic (exact) mass is 318 g/mol. The third-order valence-corrected chi connectivity index (χ3v) is 4.40. The number of piperidine rings is 1. The first-order valence-electron chi connectivity index (χ1n) is 8.25. The van der Waals surface area contributed by atoms with Gasteiger partial charge >= 0.3 is 0 Å². The predicted octanol–water partition coefficient (Wildman–Crippen LogP) is 2.27. The Labute approximate surface area is 137 Å². The van der Waals surface area contributed by atoms with E-state index in [1.54, 1.807) is 4.90 Å². The molecule has 5 nitrogen and oxygen atoms in total. The van der Waals surface area contributed by atoms with Crippen molar-refractivity contribution in [1.82, 2.24) is 4.90 Å². The van der Waals surface area contributed by atoms with Gasteiger partial charge in [0.15, 0.2) is 0 Å². The van der Waals surface area contributed by atoms with Gasteiger partial charge in [0, 0.05) is 19.0 Å². The van der Waals surface area contributed by atoms with Crippen LogP contribution in [-0.2, 0) is 9.59 Å². The van der Waals surface area contributed by atoms with E-state index in [0.29, 0.717) is 26.0 Å². The van der Waals surface area contributed by atoms with Crippen molar-refractivity contribution in [3.05, 3.63) is 29.8 Å². The van der Waals surface area contributed by atoms with Crippen LogP contribution in [0.15, 0.2) is 24.3 Å². The first kappa shape index (κ1) is 17.3. The second-order valence-electron chi connectivity index (χ2n) is 6.34. The summed E-state index contributed by atoms with van der Waals surface area (Å²) in [5.74, 6) is 0.394. The molecule has 0 spiro atoms. The summed E-state index contributed by atoms with van der Waals surface area (Å²) in [6.07, 6.45) is 2.70. The largest absolute Gasteiger partial charge is 0.494 e. The molecule has 2 N–H and O–H groups in total. The lowest BCUT2D eigenvalue weighted by Gasteiger charge is -2.37. The van der Waals surface area contributed by atoms with E-state index in [4.69, 9.17) is 10.5 Å². The Balaban J connectivity index is 1.76. The lowest BCUT2D eigenvalue weighted by Crippen LogP contribution is -2.48. The molecule has 2 atom stereocenters. The minimum absolute atomic E-state index is 0.0799. The van der Waals surface area contributed by atoms with Crippen molar-refractivity contribution in [1.29, 1.82) is 0 Å². The van der Waals surface area contributed by atoms with Crippen molar-refractivity contribution in [3.63, 3.8) is 0 Å². The van der Waals surface area contributed by atoms with Gasteiger partial charge in [-0.1, -0.05) is 12.1 Å². The Bertz CT molecular complexity index is 559. The fourth-order valence-electron chi connectivity index (χ4n) is 2.95. The lowest BCUT2D eigenvalue weighted by molar-refractivity contribution is -0.137. The van der Waals surface area contributed by atoms with Gasteiger partial charge in [-0.25, -0.2) is 0 Å². The Hall–Kier alpha value is -2.04. The van der Waals surface area contributed by atoms with Gasteiger partial charge in [0.25, 0.3) is 0 Å². The third kappa shape index (κ3) is 4.98. The molecule has 1 aromatic rings. The number of rotatable bonds is 6. The number of hydrogen-bond acceptors (Lipinski definition) is 3. The summed E-state index contributed by atoms with van der Waals surface area (Å²) in [7, 11) is 0. The number of hydrogen-bond donors (Lipinski definition) is 1. The molecule has 0 saturated carbocycles. The maximum Gasteiger partial charge on any atom is 0.222 e. The fraction of sp³-hybridized carbons (Fsp3) is 0.556. The summed E-state index contributed by atoms with van der Waals surface area (Å²) in [5.41, 5.74) is 6.53. The zero-order chi connectivity index (χ0) is 16.8. The quantitative estimate of drug-likeness (QED) is 0.818. The van der Waals surface area contributed by atoms with Gasteiger partial charge < -0.3 is 15.4 Å². The van der Waals surface area contributed by atoms with Crippen LogP contribution >= 0.6 is 0 Å². The number of primary amides is 1. The fourth-order valence-corrected chi connectivity index (χ4v) is 2.95. The van der Waals surface area contributed by atoms with Crippen LogP contribution in [0.2, 0.25) is 0 Å². The van der Waals surface area contributed by atoms with Crippen LogP contribution < -0.4 is 10.5 Å². The van der Waals surface area contributed by atoms with Crippen molar-refractivity contribution in [2.45, 2.75) is 45.6 Å². The molecule has 126 valence electrons. The molecular formula is C18H26N2O3. The smallest absolute Gasteiger partial charge is 0.222 e. The highest BCUT2D eigenvalue weighted by molar-refractivity contribution is 5.80. The van der Waals surface area contributed by atoms with Crippen LogP contribution in [-0.4, -0.2) is 35.9 Å². The second kappa shape index (κ2) is 7.99. The summed E-state index contributed by atoms with van der Waals surface area (Å²) < 4.78 is 5.67. The molecule has 1 heterocycles. The highest BCUT2D eigenvalue weighted by atomic mass is 16.5. The Morgan fingerprint density at radius 3 is 2.83 bits per heavy atom. The number of nitrogens with zero attached hydrogens (tertiary/aromatic N) is 1. The van der Waals surface area contributed by atoms with E-state index in [0.717, 1.165) is 24.2 Å². The number of amides is 2. The van der Waals surface area contributed by atoms with Crippen LogP contribution in [0.1, 0.15) is 38.2 Å². The first-order chi connectivity index (χ1) is 11.0.